The van der Waals surface area contributed by atoms with E-state index in [0.717, 1.165) is 18.7 Å². The van der Waals surface area contributed by atoms with Crippen LogP contribution in [0.15, 0.2) is 60.2 Å². The Kier molecular flexibility index (Phi) is 4.97. The zero-order valence-corrected chi connectivity index (χ0v) is 18.5. The molecule has 1 atom stereocenters. The molecular weight excluding hydrogens is 386 g/mol. The fourth-order valence-corrected chi connectivity index (χ4v) is 5.29. The standard InChI is InChI=1S/C26H27N3O2/c1-18-5-7-20(8-6-18)23-9-11-26(4)17-28(12-10-24(26)25(23,2)3)21-13-19(16-27)14-22(15-21)29(30)31/h5-10,13-15H,11-12,17H2,1-4H3/t26-/m1/s1. The number of fused-ring (bicyclic) bond motifs is 1. The molecule has 0 unspecified atom stereocenters. The van der Waals surface area contributed by atoms with Crippen molar-refractivity contribution in [3.63, 3.8) is 0 Å². The van der Waals surface area contributed by atoms with Crippen molar-refractivity contribution in [2.75, 3.05) is 18.0 Å². The number of benzene rings is 2. The maximum absolute atomic E-state index is 11.3. The van der Waals surface area contributed by atoms with Gasteiger partial charge in [0.1, 0.15) is 0 Å². The molecule has 5 heteroatoms. The van der Waals surface area contributed by atoms with Gasteiger partial charge in [0.2, 0.25) is 0 Å². The highest BCUT2D eigenvalue weighted by molar-refractivity contribution is 5.75. The topological polar surface area (TPSA) is 70.2 Å². The molecule has 31 heavy (non-hydrogen) atoms. The first-order chi connectivity index (χ1) is 14.6. The van der Waals surface area contributed by atoms with Gasteiger partial charge in [-0.25, -0.2) is 0 Å². The van der Waals surface area contributed by atoms with E-state index in [1.165, 1.54) is 28.3 Å². The SMILES string of the molecule is Cc1ccc(C2=CC[C@]3(C)CN(c4cc(C#N)cc([N+](=O)[O-])c4)CC=C3C2(C)C)cc1. The molecule has 0 bridgehead atoms. The van der Waals surface area contributed by atoms with Gasteiger partial charge >= 0.3 is 0 Å². The summed E-state index contributed by atoms with van der Waals surface area (Å²) in [7, 11) is 0. The second-order valence-electron chi connectivity index (χ2n) is 9.48. The Balaban J connectivity index is 1.70. The lowest BCUT2D eigenvalue weighted by Crippen LogP contribution is -2.47. The number of nitrogens with zero attached hydrogens (tertiary/aromatic N) is 3. The summed E-state index contributed by atoms with van der Waals surface area (Å²) < 4.78 is 0. The van der Waals surface area contributed by atoms with Gasteiger partial charge in [0, 0.05) is 41.7 Å². The number of nitro groups is 1. The molecule has 1 aliphatic carbocycles. The van der Waals surface area contributed by atoms with E-state index in [0.29, 0.717) is 12.1 Å². The molecule has 0 amide bonds. The average Bonchev–Trinajstić information content (AvgIpc) is 2.73. The van der Waals surface area contributed by atoms with E-state index in [2.05, 4.69) is 75.1 Å². The number of hydrogen-bond acceptors (Lipinski definition) is 4. The molecule has 0 fully saturated rings. The fourth-order valence-electron chi connectivity index (χ4n) is 5.29. The summed E-state index contributed by atoms with van der Waals surface area (Å²) in [5.41, 5.74) is 6.11. The van der Waals surface area contributed by atoms with E-state index in [-0.39, 0.29) is 16.5 Å². The predicted molar refractivity (Wildman–Crippen MR) is 124 cm³/mol. The molecule has 5 nitrogen and oxygen atoms in total. The lowest BCUT2D eigenvalue weighted by molar-refractivity contribution is -0.384. The van der Waals surface area contributed by atoms with Crippen LogP contribution in [0.5, 0.6) is 0 Å². The summed E-state index contributed by atoms with van der Waals surface area (Å²) in [6.45, 7) is 10.4. The Labute approximate surface area is 183 Å². The van der Waals surface area contributed by atoms with Crippen molar-refractivity contribution in [2.24, 2.45) is 10.8 Å². The molecule has 0 aromatic heterocycles. The van der Waals surface area contributed by atoms with Crippen molar-refractivity contribution >= 4 is 16.9 Å². The number of rotatable bonds is 3. The van der Waals surface area contributed by atoms with E-state index in [1.807, 2.05) is 0 Å². The Morgan fingerprint density at radius 2 is 1.81 bits per heavy atom. The van der Waals surface area contributed by atoms with Crippen LogP contribution >= 0.6 is 0 Å². The number of nitro benzene ring substituents is 1. The summed E-state index contributed by atoms with van der Waals surface area (Å²) in [5.74, 6) is 0. The normalized spacial score (nSPS) is 22.1. The van der Waals surface area contributed by atoms with E-state index >= 15 is 0 Å². The molecule has 0 spiro atoms. The van der Waals surface area contributed by atoms with Crippen LogP contribution in [0.4, 0.5) is 11.4 Å². The van der Waals surface area contributed by atoms with Crippen LogP contribution in [0.2, 0.25) is 0 Å². The van der Waals surface area contributed by atoms with Crippen molar-refractivity contribution in [3.05, 3.63) is 87.0 Å². The largest absolute Gasteiger partial charge is 0.367 e. The van der Waals surface area contributed by atoms with E-state index in [1.54, 1.807) is 12.1 Å². The Morgan fingerprint density at radius 1 is 1.10 bits per heavy atom. The minimum absolute atomic E-state index is 0.0421. The van der Waals surface area contributed by atoms with Crippen LogP contribution in [0.25, 0.3) is 5.57 Å². The molecule has 158 valence electrons. The molecule has 4 rings (SSSR count). The van der Waals surface area contributed by atoms with Crippen LogP contribution in [0.1, 0.15) is 43.9 Å². The molecule has 0 radical (unpaired) electrons. The van der Waals surface area contributed by atoms with E-state index < -0.39 is 4.92 Å². The summed E-state index contributed by atoms with van der Waals surface area (Å²) in [6, 6.07) is 15.4. The van der Waals surface area contributed by atoms with Crippen LogP contribution in [-0.2, 0) is 0 Å². The average molecular weight is 414 g/mol. The number of non-ortho nitro benzene ring substituents is 1. The Morgan fingerprint density at radius 3 is 2.45 bits per heavy atom. The van der Waals surface area contributed by atoms with Crippen LogP contribution in [0, 0.1) is 39.2 Å². The minimum Gasteiger partial charge on any atom is -0.367 e. The zero-order valence-electron chi connectivity index (χ0n) is 18.5. The van der Waals surface area contributed by atoms with Gasteiger partial charge in [-0.05, 0) is 30.5 Å². The van der Waals surface area contributed by atoms with Crippen molar-refractivity contribution in [1.82, 2.24) is 0 Å². The fraction of sp³-hybridized carbons (Fsp3) is 0.346. The molecule has 1 aliphatic heterocycles. The molecule has 1 heterocycles. The van der Waals surface area contributed by atoms with Gasteiger partial charge in [0.15, 0.2) is 0 Å². The highest BCUT2D eigenvalue weighted by atomic mass is 16.6. The van der Waals surface area contributed by atoms with Crippen molar-refractivity contribution < 1.29 is 4.92 Å². The first kappa shape index (κ1) is 20.9. The summed E-state index contributed by atoms with van der Waals surface area (Å²) in [6.07, 6.45) is 5.55. The molecular formula is C26H27N3O2. The number of allylic oxidation sites excluding steroid dienone is 2. The Bertz CT molecular complexity index is 1150. The third kappa shape index (κ3) is 3.63. The number of aryl methyl sites for hydroxylation is 1. The number of anilines is 1. The lowest BCUT2D eigenvalue weighted by atomic mass is 9.58. The van der Waals surface area contributed by atoms with E-state index in [9.17, 15) is 15.4 Å². The summed E-state index contributed by atoms with van der Waals surface area (Å²) in [5, 5.41) is 20.6. The van der Waals surface area contributed by atoms with Gasteiger partial charge in [-0.1, -0.05) is 68.3 Å². The maximum Gasteiger partial charge on any atom is 0.272 e. The summed E-state index contributed by atoms with van der Waals surface area (Å²) in [4.78, 5) is 13.0. The number of hydrogen-bond donors (Lipinski definition) is 0. The zero-order chi connectivity index (χ0) is 22.4. The van der Waals surface area contributed by atoms with Gasteiger partial charge < -0.3 is 4.90 Å². The second-order valence-corrected chi connectivity index (χ2v) is 9.48. The summed E-state index contributed by atoms with van der Waals surface area (Å²) >= 11 is 0. The molecule has 2 aliphatic rings. The van der Waals surface area contributed by atoms with Crippen molar-refractivity contribution in [3.8, 4) is 6.07 Å². The first-order valence-electron chi connectivity index (χ1n) is 10.6. The van der Waals surface area contributed by atoms with Gasteiger partial charge in [0.25, 0.3) is 5.69 Å². The maximum atomic E-state index is 11.3. The van der Waals surface area contributed by atoms with Crippen LogP contribution in [-0.4, -0.2) is 18.0 Å². The highest BCUT2D eigenvalue weighted by Crippen LogP contribution is 2.55. The highest BCUT2D eigenvalue weighted by Gasteiger charge is 2.45. The molecule has 2 aromatic rings. The van der Waals surface area contributed by atoms with Gasteiger partial charge in [0.05, 0.1) is 16.6 Å². The first-order valence-corrected chi connectivity index (χ1v) is 10.6. The minimum atomic E-state index is -0.433. The van der Waals surface area contributed by atoms with Crippen molar-refractivity contribution in [1.29, 1.82) is 5.26 Å². The second kappa shape index (κ2) is 7.39. The monoisotopic (exact) mass is 413 g/mol. The third-order valence-corrected chi connectivity index (χ3v) is 6.78. The quantitative estimate of drug-likeness (QED) is 0.349. The predicted octanol–water partition coefficient (Wildman–Crippen LogP) is 6.04. The molecule has 2 aromatic carbocycles. The van der Waals surface area contributed by atoms with Crippen molar-refractivity contribution in [2.45, 2.75) is 34.1 Å². The number of nitriles is 1. The third-order valence-electron chi connectivity index (χ3n) is 6.78. The van der Waals surface area contributed by atoms with Gasteiger partial charge in [-0.2, -0.15) is 5.26 Å². The van der Waals surface area contributed by atoms with Gasteiger partial charge in [-0.15, -0.1) is 0 Å². The van der Waals surface area contributed by atoms with Gasteiger partial charge in [-0.3, -0.25) is 10.1 Å². The van der Waals surface area contributed by atoms with E-state index in [4.69, 9.17) is 0 Å². The lowest BCUT2D eigenvalue weighted by Gasteiger charge is -2.51. The van der Waals surface area contributed by atoms with Crippen LogP contribution < -0.4 is 4.90 Å². The smallest absolute Gasteiger partial charge is 0.272 e. The molecule has 0 saturated carbocycles. The van der Waals surface area contributed by atoms with Crippen LogP contribution in [0.3, 0.4) is 0 Å². The molecule has 0 saturated heterocycles. The molecule has 0 N–H and O–H groups in total. The Hall–Kier alpha value is -3.39.